The van der Waals surface area contributed by atoms with Gasteiger partial charge in [0.2, 0.25) is 0 Å². The molecule has 0 aromatic heterocycles. The van der Waals surface area contributed by atoms with Gasteiger partial charge in [-0.1, -0.05) is 25.1 Å². The van der Waals surface area contributed by atoms with Crippen molar-refractivity contribution in [1.82, 2.24) is 0 Å². The molecule has 0 aliphatic carbocycles. The van der Waals surface area contributed by atoms with Gasteiger partial charge in [0.1, 0.15) is 5.75 Å². The van der Waals surface area contributed by atoms with E-state index in [-0.39, 0.29) is 0 Å². The van der Waals surface area contributed by atoms with Crippen molar-refractivity contribution in [3.05, 3.63) is 59.7 Å². The van der Waals surface area contributed by atoms with E-state index in [9.17, 15) is 0 Å². The van der Waals surface area contributed by atoms with Gasteiger partial charge in [-0.05, 0) is 42.3 Å². The van der Waals surface area contributed by atoms with Crippen molar-refractivity contribution in [1.29, 1.82) is 0 Å². The second kappa shape index (κ2) is 8.32. The number of rotatable bonds is 7. The first-order valence-corrected chi connectivity index (χ1v) is 7.52. The number of halogens is 1. The van der Waals surface area contributed by atoms with Crippen molar-refractivity contribution in [3.63, 3.8) is 0 Å². The molecule has 0 aliphatic heterocycles. The second-order valence-electron chi connectivity index (χ2n) is 4.59. The van der Waals surface area contributed by atoms with Crippen LogP contribution in [0.2, 0.25) is 0 Å². The number of benzene rings is 2. The summed E-state index contributed by atoms with van der Waals surface area (Å²) in [6, 6.07) is 15.7. The zero-order valence-corrected chi connectivity index (χ0v) is 12.8. The minimum absolute atomic E-state index is 0.423. The van der Waals surface area contributed by atoms with Crippen molar-refractivity contribution in [2.75, 3.05) is 12.0 Å². The fraction of sp³-hybridized carbons (Fsp3) is 0.235. The fourth-order valence-corrected chi connectivity index (χ4v) is 2.04. The number of anilines is 1. The van der Waals surface area contributed by atoms with Gasteiger partial charge in [-0.3, -0.25) is 5.43 Å². The van der Waals surface area contributed by atoms with E-state index in [0.717, 1.165) is 29.0 Å². The van der Waals surface area contributed by atoms with Crippen LogP contribution in [0.3, 0.4) is 0 Å². The molecule has 0 spiro atoms. The van der Waals surface area contributed by atoms with Gasteiger partial charge in [-0.15, -0.1) is 11.6 Å². The molecule has 1 N–H and O–H groups in total. The topological polar surface area (TPSA) is 33.6 Å². The highest BCUT2D eigenvalue weighted by atomic mass is 35.5. The van der Waals surface area contributed by atoms with Crippen LogP contribution < -0.4 is 10.2 Å². The number of hydrogen-bond acceptors (Lipinski definition) is 3. The Morgan fingerprint density at radius 2 is 2.00 bits per heavy atom. The Bertz CT molecular complexity index is 585. The number of nitrogens with one attached hydrogen (secondary N) is 1. The fourth-order valence-electron chi connectivity index (χ4n) is 1.83. The summed E-state index contributed by atoms with van der Waals surface area (Å²) in [6.45, 7) is 2.78. The van der Waals surface area contributed by atoms with Crippen molar-refractivity contribution in [2.24, 2.45) is 5.10 Å². The van der Waals surface area contributed by atoms with Crippen LogP contribution in [0.4, 0.5) is 5.69 Å². The Morgan fingerprint density at radius 3 is 2.71 bits per heavy atom. The van der Waals surface area contributed by atoms with Crippen molar-refractivity contribution >= 4 is 23.5 Å². The smallest absolute Gasteiger partial charge is 0.123 e. The molecule has 0 amide bonds. The largest absolute Gasteiger partial charge is 0.493 e. The van der Waals surface area contributed by atoms with Crippen LogP contribution in [0.5, 0.6) is 5.75 Å². The third-order valence-electron chi connectivity index (χ3n) is 2.87. The van der Waals surface area contributed by atoms with Crippen LogP contribution in [0, 0.1) is 0 Å². The van der Waals surface area contributed by atoms with E-state index in [0.29, 0.717) is 12.5 Å². The lowest BCUT2D eigenvalue weighted by Crippen LogP contribution is -1.99. The number of hydrogen-bond donors (Lipinski definition) is 1. The van der Waals surface area contributed by atoms with Crippen LogP contribution in [0.25, 0.3) is 0 Å². The highest BCUT2D eigenvalue weighted by Crippen LogP contribution is 2.21. The summed E-state index contributed by atoms with van der Waals surface area (Å²) in [6.07, 6.45) is 2.75. The summed E-state index contributed by atoms with van der Waals surface area (Å²) < 4.78 is 5.66. The first kappa shape index (κ1) is 15.4. The summed E-state index contributed by atoms with van der Waals surface area (Å²) in [5.41, 5.74) is 5.90. The SMILES string of the molecule is CCCOc1ccc(C=NNc2ccccc2)cc1CCl. The van der Waals surface area contributed by atoms with Gasteiger partial charge in [-0.2, -0.15) is 5.10 Å². The lowest BCUT2D eigenvalue weighted by Gasteiger charge is -2.09. The molecule has 0 radical (unpaired) electrons. The number of nitrogens with zero attached hydrogens (tertiary/aromatic N) is 1. The monoisotopic (exact) mass is 302 g/mol. The zero-order valence-electron chi connectivity index (χ0n) is 12.1. The minimum atomic E-state index is 0.423. The number of ether oxygens (including phenoxy) is 1. The standard InChI is InChI=1S/C17H19ClN2O/c1-2-10-21-17-9-8-14(11-15(17)12-18)13-19-20-16-6-4-3-5-7-16/h3-9,11,13,20H,2,10,12H2,1H3. The van der Waals surface area contributed by atoms with E-state index in [1.807, 2.05) is 48.5 Å². The highest BCUT2D eigenvalue weighted by Gasteiger charge is 2.03. The second-order valence-corrected chi connectivity index (χ2v) is 4.85. The van der Waals surface area contributed by atoms with E-state index in [4.69, 9.17) is 16.3 Å². The maximum absolute atomic E-state index is 5.97. The molecule has 4 heteroatoms. The number of para-hydroxylation sites is 1. The summed E-state index contributed by atoms with van der Waals surface area (Å²) in [5.74, 6) is 1.27. The number of hydrazone groups is 1. The maximum Gasteiger partial charge on any atom is 0.123 e. The van der Waals surface area contributed by atoms with Gasteiger partial charge < -0.3 is 4.74 Å². The Balaban J connectivity index is 2.03. The average molecular weight is 303 g/mol. The predicted octanol–water partition coefficient (Wildman–Crippen LogP) is 4.66. The molecule has 2 rings (SSSR count). The molecule has 0 unspecified atom stereocenters. The normalized spacial score (nSPS) is 10.8. The molecule has 0 heterocycles. The molecule has 2 aromatic carbocycles. The van der Waals surface area contributed by atoms with E-state index in [1.54, 1.807) is 6.21 Å². The quantitative estimate of drug-likeness (QED) is 0.458. The van der Waals surface area contributed by atoms with Gasteiger partial charge in [0.05, 0.1) is 24.4 Å². The molecule has 110 valence electrons. The summed E-state index contributed by atoms with van der Waals surface area (Å²) in [7, 11) is 0. The van der Waals surface area contributed by atoms with Crippen LogP contribution >= 0.6 is 11.6 Å². The summed E-state index contributed by atoms with van der Waals surface area (Å²) in [4.78, 5) is 0. The zero-order chi connectivity index (χ0) is 14.9. The predicted molar refractivity (Wildman–Crippen MR) is 89.4 cm³/mol. The summed E-state index contributed by atoms with van der Waals surface area (Å²) >= 11 is 5.97. The molecule has 21 heavy (non-hydrogen) atoms. The van der Waals surface area contributed by atoms with Crippen molar-refractivity contribution in [2.45, 2.75) is 19.2 Å². The van der Waals surface area contributed by atoms with Crippen LogP contribution in [-0.2, 0) is 5.88 Å². The van der Waals surface area contributed by atoms with Gasteiger partial charge in [0.15, 0.2) is 0 Å². The van der Waals surface area contributed by atoms with Crippen LogP contribution in [-0.4, -0.2) is 12.8 Å². The third-order valence-corrected chi connectivity index (χ3v) is 3.16. The first-order chi connectivity index (χ1) is 10.3. The minimum Gasteiger partial charge on any atom is -0.493 e. The van der Waals surface area contributed by atoms with Gasteiger partial charge in [0, 0.05) is 5.56 Å². The van der Waals surface area contributed by atoms with E-state index in [2.05, 4.69) is 17.5 Å². The Morgan fingerprint density at radius 1 is 1.19 bits per heavy atom. The van der Waals surface area contributed by atoms with Crippen molar-refractivity contribution < 1.29 is 4.74 Å². The van der Waals surface area contributed by atoms with Crippen LogP contribution in [0.1, 0.15) is 24.5 Å². The molecule has 0 saturated heterocycles. The van der Waals surface area contributed by atoms with Gasteiger partial charge in [-0.25, -0.2) is 0 Å². The van der Waals surface area contributed by atoms with Gasteiger partial charge >= 0.3 is 0 Å². The van der Waals surface area contributed by atoms with Gasteiger partial charge in [0.25, 0.3) is 0 Å². The van der Waals surface area contributed by atoms with E-state index >= 15 is 0 Å². The summed E-state index contributed by atoms with van der Waals surface area (Å²) in [5, 5.41) is 4.22. The molecule has 0 aliphatic rings. The lowest BCUT2D eigenvalue weighted by atomic mass is 10.1. The highest BCUT2D eigenvalue weighted by molar-refractivity contribution is 6.17. The molecule has 2 aromatic rings. The molecular formula is C17H19ClN2O. The first-order valence-electron chi connectivity index (χ1n) is 6.99. The third kappa shape index (κ3) is 4.80. The molecule has 0 atom stereocenters. The lowest BCUT2D eigenvalue weighted by molar-refractivity contribution is 0.315. The van der Waals surface area contributed by atoms with Crippen LogP contribution in [0.15, 0.2) is 53.6 Å². The maximum atomic E-state index is 5.97. The average Bonchev–Trinajstić information content (AvgIpc) is 2.54. The van der Waals surface area contributed by atoms with E-state index in [1.165, 1.54) is 0 Å². The number of alkyl halides is 1. The molecule has 0 bridgehead atoms. The Kier molecular flexibility index (Phi) is 6.10. The molecule has 0 saturated carbocycles. The van der Waals surface area contributed by atoms with Crippen molar-refractivity contribution in [3.8, 4) is 5.75 Å². The molecule has 0 fully saturated rings. The Hall–Kier alpha value is -2.00. The van der Waals surface area contributed by atoms with E-state index < -0.39 is 0 Å². The molecule has 3 nitrogen and oxygen atoms in total. The molecular weight excluding hydrogens is 284 g/mol. The Labute approximate surface area is 130 Å².